The van der Waals surface area contributed by atoms with Gasteiger partial charge >= 0.3 is 5.69 Å². The predicted octanol–water partition coefficient (Wildman–Crippen LogP) is 2.38. The van der Waals surface area contributed by atoms with Crippen molar-refractivity contribution in [3.63, 3.8) is 0 Å². The van der Waals surface area contributed by atoms with Gasteiger partial charge in [-0.3, -0.25) is 9.36 Å². The lowest BCUT2D eigenvalue weighted by molar-refractivity contribution is -0.120. The summed E-state index contributed by atoms with van der Waals surface area (Å²) < 4.78 is 1.57. The number of aromatic nitrogens is 3. The van der Waals surface area contributed by atoms with Gasteiger partial charge in [-0.25, -0.2) is 9.89 Å². The van der Waals surface area contributed by atoms with Gasteiger partial charge in [-0.15, -0.1) is 5.10 Å². The highest BCUT2D eigenvalue weighted by Gasteiger charge is 2.19. The van der Waals surface area contributed by atoms with Crippen molar-refractivity contribution in [2.24, 2.45) is 0 Å². The largest absolute Gasteiger partial charge is 0.355 e. The average Bonchev–Trinajstić information content (AvgIpc) is 2.93. The van der Waals surface area contributed by atoms with Crippen molar-refractivity contribution in [1.82, 2.24) is 20.1 Å². The van der Waals surface area contributed by atoms with E-state index in [1.54, 1.807) is 4.57 Å². The molecule has 6 nitrogen and oxygen atoms in total. The van der Waals surface area contributed by atoms with Gasteiger partial charge < -0.3 is 5.32 Å². The van der Waals surface area contributed by atoms with Crippen molar-refractivity contribution in [1.29, 1.82) is 0 Å². The van der Waals surface area contributed by atoms with E-state index in [-0.39, 0.29) is 22.8 Å². The highest BCUT2D eigenvalue weighted by molar-refractivity contribution is 8.00. The van der Waals surface area contributed by atoms with Crippen LogP contribution in [0.3, 0.4) is 0 Å². The molecule has 1 aromatic carbocycles. The lowest BCUT2D eigenvalue weighted by Crippen LogP contribution is -2.33. The minimum absolute atomic E-state index is 0.0544. The Morgan fingerprint density at radius 3 is 2.71 bits per heavy atom. The van der Waals surface area contributed by atoms with E-state index in [1.807, 2.05) is 32.0 Å². The fourth-order valence-electron chi connectivity index (χ4n) is 2.32. The van der Waals surface area contributed by atoms with Crippen LogP contribution in [0, 0.1) is 0 Å². The average molecular weight is 348 g/mol. The van der Waals surface area contributed by atoms with Gasteiger partial charge in [0.2, 0.25) is 5.91 Å². The Bertz CT molecular complexity index is 711. The Kier molecular flexibility index (Phi) is 6.66. The van der Waals surface area contributed by atoms with Crippen LogP contribution in [0.5, 0.6) is 0 Å². The van der Waals surface area contributed by atoms with E-state index in [9.17, 15) is 9.59 Å². The number of nitrogens with zero attached hydrogens (tertiary/aromatic N) is 2. The van der Waals surface area contributed by atoms with E-state index in [0.29, 0.717) is 18.2 Å². The number of aromatic amines is 1. The van der Waals surface area contributed by atoms with Crippen LogP contribution in [0.4, 0.5) is 0 Å². The number of rotatable bonds is 8. The van der Waals surface area contributed by atoms with Crippen LogP contribution in [0.15, 0.2) is 40.3 Å². The molecule has 0 aliphatic rings. The topological polar surface area (TPSA) is 79.8 Å². The van der Waals surface area contributed by atoms with E-state index < -0.39 is 0 Å². The van der Waals surface area contributed by atoms with Gasteiger partial charge in [0.25, 0.3) is 0 Å². The van der Waals surface area contributed by atoms with E-state index >= 15 is 0 Å². The summed E-state index contributed by atoms with van der Waals surface area (Å²) in [4.78, 5) is 24.0. The molecule has 0 saturated carbocycles. The molecule has 0 aliphatic carbocycles. The summed E-state index contributed by atoms with van der Waals surface area (Å²) in [5, 5.41) is 9.66. The molecule has 0 radical (unpaired) electrons. The van der Waals surface area contributed by atoms with Crippen molar-refractivity contribution in [3.05, 3.63) is 46.4 Å². The van der Waals surface area contributed by atoms with Crippen molar-refractivity contribution in [2.45, 2.75) is 50.1 Å². The highest BCUT2D eigenvalue weighted by Crippen LogP contribution is 2.20. The monoisotopic (exact) mass is 348 g/mol. The number of benzene rings is 1. The molecule has 0 unspecified atom stereocenters. The first-order valence-electron chi connectivity index (χ1n) is 8.17. The second kappa shape index (κ2) is 8.73. The number of amides is 1. The fourth-order valence-corrected chi connectivity index (χ4v) is 3.23. The van der Waals surface area contributed by atoms with Crippen LogP contribution >= 0.6 is 11.8 Å². The Morgan fingerprint density at radius 1 is 1.33 bits per heavy atom. The molecular weight excluding hydrogens is 324 g/mol. The molecule has 7 heteroatoms. The number of thioether (sulfide) groups is 1. The van der Waals surface area contributed by atoms with E-state index in [0.717, 1.165) is 6.42 Å². The molecule has 2 rings (SSSR count). The molecular formula is C17H24N4O2S. The normalized spacial score (nSPS) is 13.5. The van der Waals surface area contributed by atoms with E-state index in [1.165, 1.54) is 17.3 Å². The first-order chi connectivity index (χ1) is 11.5. The molecule has 2 atom stereocenters. The fraction of sp³-hybridized carbons (Fsp3) is 0.471. The third-order valence-electron chi connectivity index (χ3n) is 3.77. The van der Waals surface area contributed by atoms with Crippen LogP contribution in [-0.2, 0) is 11.3 Å². The SMILES string of the molecule is CCCn1c(S[C@@H](C)C(=O)NC[C@H](C)c2ccccc2)n[nH]c1=O. The molecule has 2 N–H and O–H groups in total. The Balaban J connectivity index is 1.90. The van der Waals surface area contributed by atoms with Crippen molar-refractivity contribution in [3.8, 4) is 0 Å². The Hall–Kier alpha value is -2.02. The third kappa shape index (κ3) is 4.74. The molecule has 1 amide bonds. The van der Waals surface area contributed by atoms with E-state index in [2.05, 4.69) is 34.6 Å². The minimum Gasteiger partial charge on any atom is -0.355 e. The van der Waals surface area contributed by atoms with Crippen molar-refractivity contribution in [2.75, 3.05) is 6.54 Å². The van der Waals surface area contributed by atoms with Crippen LogP contribution in [-0.4, -0.2) is 32.5 Å². The maximum atomic E-state index is 12.3. The first-order valence-corrected chi connectivity index (χ1v) is 9.05. The number of hydrogen-bond donors (Lipinski definition) is 2. The van der Waals surface area contributed by atoms with Gasteiger partial charge in [-0.05, 0) is 24.8 Å². The third-order valence-corrected chi connectivity index (χ3v) is 4.86. The van der Waals surface area contributed by atoms with Gasteiger partial charge in [0, 0.05) is 13.1 Å². The molecule has 0 bridgehead atoms. The molecule has 0 fully saturated rings. The summed E-state index contributed by atoms with van der Waals surface area (Å²) in [6, 6.07) is 10.1. The van der Waals surface area contributed by atoms with Crippen LogP contribution < -0.4 is 11.0 Å². The molecule has 0 spiro atoms. The number of nitrogens with one attached hydrogen (secondary N) is 2. The molecule has 1 aromatic heterocycles. The van der Waals surface area contributed by atoms with Gasteiger partial charge in [0.1, 0.15) is 0 Å². The zero-order valence-corrected chi connectivity index (χ0v) is 15.1. The van der Waals surface area contributed by atoms with Crippen LogP contribution in [0.25, 0.3) is 0 Å². The van der Waals surface area contributed by atoms with Gasteiger partial charge in [-0.1, -0.05) is 55.9 Å². The highest BCUT2D eigenvalue weighted by atomic mass is 32.2. The van der Waals surface area contributed by atoms with Gasteiger partial charge in [0.15, 0.2) is 5.16 Å². The number of hydrogen-bond acceptors (Lipinski definition) is 4. The van der Waals surface area contributed by atoms with Crippen LogP contribution in [0.2, 0.25) is 0 Å². The Morgan fingerprint density at radius 2 is 2.04 bits per heavy atom. The molecule has 2 aromatic rings. The smallest absolute Gasteiger partial charge is 0.343 e. The van der Waals surface area contributed by atoms with Crippen molar-refractivity contribution < 1.29 is 4.79 Å². The number of H-pyrrole nitrogens is 1. The van der Waals surface area contributed by atoms with Crippen LogP contribution in [0.1, 0.15) is 38.7 Å². The lowest BCUT2D eigenvalue weighted by atomic mass is 10.0. The number of carbonyl (C=O) groups excluding carboxylic acids is 1. The molecule has 130 valence electrons. The zero-order chi connectivity index (χ0) is 17.5. The summed E-state index contributed by atoms with van der Waals surface area (Å²) in [7, 11) is 0. The number of carbonyl (C=O) groups is 1. The van der Waals surface area contributed by atoms with Crippen molar-refractivity contribution >= 4 is 17.7 Å². The first kappa shape index (κ1) is 18.3. The predicted molar refractivity (Wildman–Crippen MR) is 96.3 cm³/mol. The second-order valence-corrected chi connectivity index (χ2v) is 7.09. The zero-order valence-electron chi connectivity index (χ0n) is 14.3. The molecule has 1 heterocycles. The maximum absolute atomic E-state index is 12.3. The maximum Gasteiger partial charge on any atom is 0.343 e. The molecule has 0 saturated heterocycles. The summed E-state index contributed by atoms with van der Waals surface area (Å²) >= 11 is 1.30. The summed E-state index contributed by atoms with van der Waals surface area (Å²) in [5.41, 5.74) is 0.965. The summed E-state index contributed by atoms with van der Waals surface area (Å²) in [6.45, 7) is 7.07. The van der Waals surface area contributed by atoms with E-state index in [4.69, 9.17) is 0 Å². The van der Waals surface area contributed by atoms with Gasteiger partial charge in [0.05, 0.1) is 5.25 Å². The second-order valence-electron chi connectivity index (χ2n) is 5.78. The summed E-state index contributed by atoms with van der Waals surface area (Å²) in [6.07, 6.45) is 0.835. The quantitative estimate of drug-likeness (QED) is 0.718. The molecule has 24 heavy (non-hydrogen) atoms. The lowest BCUT2D eigenvalue weighted by Gasteiger charge is -2.16. The standard InChI is InChI=1S/C17H24N4O2S/c1-4-10-21-16(23)19-20-17(21)24-13(3)15(22)18-11-12(2)14-8-6-5-7-9-14/h5-9,12-13H,4,10-11H2,1-3H3,(H,18,22)(H,19,23)/t12-,13-/m0/s1. The molecule has 0 aliphatic heterocycles. The minimum atomic E-state index is -0.321. The van der Waals surface area contributed by atoms with Gasteiger partial charge in [-0.2, -0.15) is 0 Å². The summed E-state index contributed by atoms with van der Waals surface area (Å²) in [5.74, 6) is 0.192. The Labute approximate surface area is 146 Å².